The predicted molar refractivity (Wildman–Crippen MR) is 185 cm³/mol. The van der Waals surface area contributed by atoms with E-state index < -0.39 is 21.5 Å². The molecule has 0 saturated heterocycles. The normalized spacial score (nSPS) is 17.6. The minimum atomic E-state index is -4.61. The van der Waals surface area contributed by atoms with Crippen LogP contribution in [0.2, 0.25) is 0 Å². The summed E-state index contributed by atoms with van der Waals surface area (Å²) >= 11 is 0. The molecule has 4 aliphatic rings. The zero-order valence-electron chi connectivity index (χ0n) is 28.3. The molecule has 0 unspecified atom stereocenters. The van der Waals surface area contributed by atoms with Crippen molar-refractivity contribution in [2.24, 2.45) is 0 Å². The number of carboxylic acids is 1. The SMILES string of the molecule is CC[N+](CC)=c1ccc2cc3c(oc-2c1)C=C(/C=C/C=C1/N(CCCCCC(=O)O)c2ccc(S(=O)(=O)[O-])cc2C1(C)C)CC3(C)C. The van der Waals surface area contributed by atoms with Crippen LogP contribution in [0.5, 0.6) is 0 Å². The number of anilines is 1. The third-order valence-corrected chi connectivity index (χ3v) is 10.4. The van der Waals surface area contributed by atoms with Crippen molar-refractivity contribution in [3.63, 3.8) is 0 Å². The molecule has 0 amide bonds. The molecule has 9 heteroatoms. The summed E-state index contributed by atoms with van der Waals surface area (Å²) in [7, 11) is -4.61. The predicted octanol–water partition coefficient (Wildman–Crippen LogP) is 7.05. The standard InChI is InChI=1S/C38H46N2O6S/c1-7-39(8-2)28-17-16-27-22-31-34(46-33(27)23-28)21-26(25-37(31,3)4)13-12-14-35-38(5,6)30-24-29(47(43,44)45)18-19-32(30)40(35)20-11-9-10-15-36(41)42/h12-14,16-19,21-24H,7-11,15,20,25H2,1-6H3,(H-,41,42,43,44,45). The fraction of sp³-hybridized carbons (Fsp3) is 0.421. The van der Waals surface area contributed by atoms with Gasteiger partial charge in [0.15, 0.2) is 0 Å². The van der Waals surface area contributed by atoms with Gasteiger partial charge in [-0.3, -0.25) is 4.79 Å². The van der Waals surface area contributed by atoms with Gasteiger partial charge in [0, 0.05) is 47.0 Å². The van der Waals surface area contributed by atoms with E-state index in [2.05, 4.69) is 79.7 Å². The summed E-state index contributed by atoms with van der Waals surface area (Å²) in [5.74, 6) is 0.917. The van der Waals surface area contributed by atoms with Gasteiger partial charge in [0.2, 0.25) is 5.36 Å². The van der Waals surface area contributed by atoms with Gasteiger partial charge in [0.1, 0.15) is 34.7 Å². The molecule has 5 rings (SSSR count). The number of carboxylic acid groups (broad SMARTS) is 1. The Morgan fingerprint density at radius 2 is 1.77 bits per heavy atom. The number of aliphatic carboxylic acids is 1. The van der Waals surface area contributed by atoms with Crippen molar-refractivity contribution in [3.05, 3.63) is 94.2 Å². The number of rotatable bonds is 11. The Kier molecular flexibility index (Phi) is 9.71. The fourth-order valence-electron chi connectivity index (χ4n) is 7.02. The summed E-state index contributed by atoms with van der Waals surface area (Å²) < 4.78 is 44.5. The molecule has 47 heavy (non-hydrogen) atoms. The summed E-state index contributed by atoms with van der Waals surface area (Å²) in [6.45, 7) is 15.3. The molecule has 1 aromatic carbocycles. The monoisotopic (exact) mass is 658 g/mol. The first-order chi connectivity index (χ1) is 22.2. The highest BCUT2D eigenvalue weighted by Gasteiger charge is 2.40. The molecule has 2 aliphatic carbocycles. The van der Waals surface area contributed by atoms with Crippen LogP contribution < -0.4 is 14.8 Å². The van der Waals surface area contributed by atoms with Gasteiger partial charge in [-0.2, -0.15) is 0 Å². The maximum absolute atomic E-state index is 11.9. The molecule has 2 aliphatic heterocycles. The van der Waals surface area contributed by atoms with Crippen LogP contribution in [0.4, 0.5) is 5.69 Å². The lowest BCUT2D eigenvalue weighted by atomic mass is 9.74. The van der Waals surface area contributed by atoms with E-state index in [9.17, 15) is 17.8 Å². The highest BCUT2D eigenvalue weighted by atomic mass is 32.2. The van der Waals surface area contributed by atoms with Crippen molar-refractivity contribution >= 4 is 27.9 Å². The van der Waals surface area contributed by atoms with Crippen LogP contribution in [0.3, 0.4) is 0 Å². The minimum absolute atomic E-state index is 0.131. The molecule has 1 N–H and O–H groups in total. The second-order valence-corrected chi connectivity index (χ2v) is 15.1. The van der Waals surface area contributed by atoms with Gasteiger partial charge in [-0.1, -0.05) is 46.3 Å². The van der Waals surface area contributed by atoms with E-state index in [1.807, 2.05) is 19.9 Å². The highest BCUT2D eigenvalue weighted by molar-refractivity contribution is 7.85. The summed E-state index contributed by atoms with van der Waals surface area (Å²) in [5, 5.41) is 10.2. The number of nitrogens with zero attached hydrogens (tertiary/aromatic N) is 2. The minimum Gasteiger partial charge on any atom is -0.744 e. The average molecular weight is 659 g/mol. The highest BCUT2D eigenvalue weighted by Crippen LogP contribution is 2.49. The molecule has 250 valence electrons. The fourth-order valence-corrected chi connectivity index (χ4v) is 7.52. The second kappa shape index (κ2) is 13.3. The van der Waals surface area contributed by atoms with E-state index in [-0.39, 0.29) is 16.7 Å². The van der Waals surface area contributed by atoms with Gasteiger partial charge in [0.05, 0.1) is 11.0 Å². The Bertz CT molecular complexity index is 1920. The molecule has 0 spiro atoms. The van der Waals surface area contributed by atoms with Gasteiger partial charge in [0.25, 0.3) is 0 Å². The third-order valence-electron chi connectivity index (χ3n) is 9.59. The number of hydrogen-bond donors (Lipinski definition) is 1. The lowest BCUT2D eigenvalue weighted by Crippen LogP contribution is -2.29. The van der Waals surface area contributed by atoms with Crippen LogP contribution in [0, 0.1) is 0 Å². The third kappa shape index (κ3) is 7.16. The van der Waals surface area contributed by atoms with Crippen molar-refractivity contribution in [1.82, 2.24) is 4.58 Å². The van der Waals surface area contributed by atoms with Gasteiger partial charge < -0.3 is 19.0 Å². The molecular weight excluding hydrogens is 612 g/mol. The van der Waals surface area contributed by atoms with E-state index in [0.717, 1.165) is 77.3 Å². The molecule has 0 atom stereocenters. The zero-order chi connectivity index (χ0) is 34.1. The van der Waals surface area contributed by atoms with Crippen LogP contribution in [0.25, 0.3) is 17.4 Å². The number of carbonyl (C=O) groups is 1. The molecule has 1 aromatic rings. The van der Waals surface area contributed by atoms with Gasteiger partial charge >= 0.3 is 5.97 Å². The Morgan fingerprint density at radius 3 is 2.45 bits per heavy atom. The number of allylic oxidation sites excluding steroid dienone is 5. The van der Waals surface area contributed by atoms with E-state index in [1.54, 1.807) is 6.07 Å². The van der Waals surface area contributed by atoms with Gasteiger partial charge in [-0.25, -0.2) is 13.0 Å². The molecule has 2 heterocycles. The first-order valence-corrected chi connectivity index (χ1v) is 17.9. The van der Waals surface area contributed by atoms with E-state index >= 15 is 0 Å². The molecule has 0 radical (unpaired) electrons. The Balaban J connectivity index is 1.50. The largest absolute Gasteiger partial charge is 0.744 e. The van der Waals surface area contributed by atoms with E-state index in [1.165, 1.54) is 17.7 Å². The van der Waals surface area contributed by atoms with Crippen LogP contribution in [0.15, 0.2) is 81.3 Å². The van der Waals surface area contributed by atoms with E-state index in [4.69, 9.17) is 9.52 Å². The summed E-state index contributed by atoms with van der Waals surface area (Å²) in [5.41, 5.74) is 5.32. The Morgan fingerprint density at radius 1 is 1.02 bits per heavy atom. The molecule has 0 fully saturated rings. The molecular formula is C38H46N2O6S. The number of hydrogen-bond acceptors (Lipinski definition) is 6. The van der Waals surface area contributed by atoms with Crippen molar-refractivity contribution in [3.8, 4) is 11.3 Å². The lowest BCUT2D eigenvalue weighted by Gasteiger charge is -2.31. The summed E-state index contributed by atoms with van der Waals surface area (Å²) in [4.78, 5) is 12.9. The lowest BCUT2D eigenvalue weighted by molar-refractivity contribution is -0.137. The molecule has 0 aromatic heterocycles. The van der Waals surface area contributed by atoms with Crippen LogP contribution in [-0.2, 0) is 25.7 Å². The summed E-state index contributed by atoms with van der Waals surface area (Å²) in [6, 6.07) is 13.3. The van der Waals surface area contributed by atoms with Crippen LogP contribution >= 0.6 is 0 Å². The van der Waals surface area contributed by atoms with Crippen molar-refractivity contribution in [2.75, 3.05) is 24.5 Å². The first-order valence-electron chi connectivity index (χ1n) is 16.5. The topological polar surface area (TPSA) is 114 Å². The number of fused-ring (bicyclic) bond motifs is 3. The van der Waals surface area contributed by atoms with Gasteiger partial charge in [-0.15, -0.1) is 0 Å². The summed E-state index contributed by atoms with van der Waals surface area (Å²) in [6.07, 6.45) is 11.4. The van der Waals surface area contributed by atoms with E-state index in [0.29, 0.717) is 13.0 Å². The van der Waals surface area contributed by atoms with Crippen LogP contribution in [-0.4, -0.2) is 43.7 Å². The first kappa shape index (κ1) is 34.4. The smallest absolute Gasteiger partial charge is 0.303 e. The van der Waals surface area contributed by atoms with Crippen LogP contribution in [0.1, 0.15) is 90.5 Å². The zero-order valence-corrected chi connectivity index (χ0v) is 29.1. The molecule has 0 bridgehead atoms. The van der Waals surface area contributed by atoms with Crippen molar-refractivity contribution in [1.29, 1.82) is 0 Å². The van der Waals surface area contributed by atoms with Gasteiger partial charge in [-0.05, 0) is 92.1 Å². The maximum atomic E-state index is 11.9. The number of unbranched alkanes of at least 4 members (excludes halogenated alkanes) is 2. The quantitative estimate of drug-likeness (QED) is 0.133. The maximum Gasteiger partial charge on any atom is 0.303 e. The second-order valence-electron chi connectivity index (χ2n) is 13.7. The Labute approximate surface area is 278 Å². The Hall–Kier alpha value is -3.95. The van der Waals surface area contributed by atoms with Crippen molar-refractivity contribution < 1.29 is 27.3 Å². The molecule has 0 saturated carbocycles. The molecule has 8 nitrogen and oxygen atoms in total. The van der Waals surface area contributed by atoms with Crippen molar-refractivity contribution in [2.45, 2.75) is 89.4 Å². The average Bonchev–Trinajstić information content (AvgIpc) is 3.21. The number of benzene rings is 2.